The van der Waals surface area contributed by atoms with E-state index in [9.17, 15) is 4.39 Å². The predicted octanol–water partition coefficient (Wildman–Crippen LogP) is 5.33. The van der Waals surface area contributed by atoms with Gasteiger partial charge in [-0.15, -0.1) is 0 Å². The molecule has 124 valence electrons. The van der Waals surface area contributed by atoms with Crippen molar-refractivity contribution >= 4 is 8.32 Å². The van der Waals surface area contributed by atoms with Crippen molar-refractivity contribution in [2.45, 2.75) is 51.9 Å². The second-order valence-corrected chi connectivity index (χ2v) is 12.3. The van der Waals surface area contributed by atoms with Gasteiger partial charge in [-0.3, -0.25) is 4.98 Å². The van der Waals surface area contributed by atoms with Gasteiger partial charge in [0.2, 0.25) is 0 Å². The molecule has 0 aliphatic rings. The third-order valence-electron chi connectivity index (χ3n) is 4.59. The Balaban J connectivity index is 1.96. The minimum Gasteiger partial charge on any atom is -0.413 e. The molecule has 0 saturated heterocycles. The highest BCUT2D eigenvalue weighted by molar-refractivity contribution is 6.74. The number of pyridine rings is 1. The second-order valence-electron chi connectivity index (χ2n) is 7.51. The summed E-state index contributed by atoms with van der Waals surface area (Å²) in [5, 5.41) is 0.211. The lowest BCUT2D eigenvalue weighted by Gasteiger charge is -2.36. The molecule has 0 spiro atoms. The lowest BCUT2D eigenvalue weighted by Crippen LogP contribution is -2.40. The smallest absolute Gasteiger partial charge is 0.192 e. The fourth-order valence-electron chi connectivity index (χ4n) is 1.94. The highest BCUT2D eigenvalue weighted by atomic mass is 28.4. The Morgan fingerprint density at radius 3 is 2.13 bits per heavy atom. The summed E-state index contributed by atoms with van der Waals surface area (Å²) >= 11 is 0. The molecule has 1 heterocycles. The van der Waals surface area contributed by atoms with Crippen molar-refractivity contribution in [1.82, 2.24) is 4.98 Å². The molecule has 0 radical (unpaired) electrons. The van der Waals surface area contributed by atoms with E-state index in [1.165, 1.54) is 12.1 Å². The topological polar surface area (TPSA) is 22.1 Å². The van der Waals surface area contributed by atoms with Crippen LogP contribution in [0.1, 0.15) is 37.6 Å². The van der Waals surface area contributed by atoms with Crippen LogP contribution in [0.25, 0.3) is 0 Å². The first-order valence-electron chi connectivity index (χ1n) is 7.99. The first kappa shape index (κ1) is 17.8. The summed E-state index contributed by atoms with van der Waals surface area (Å²) in [4.78, 5) is 4.50. The van der Waals surface area contributed by atoms with Crippen molar-refractivity contribution in [2.24, 2.45) is 0 Å². The van der Waals surface area contributed by atoms with Gasteiger partial charge in [-0.05, 0) is 47.5 Å². The summed E-state index contributed by atoms with van der Waals surface area (Å²) in [7, 11) is -1.73. The fourth-order valence-corrected chi connectivity index (χ4v) is 2.90. The summed E-state index contributed by atoms with van der Waals surface area (Å²) < 4.78 is 19.1. The standard InChI is InChI=1S/C19H26FNOSi/c1-19(2,3)23(4,5)22-14-16-8-11-18(21-13-16)12-15-6-9-17(20)10-7-15/h6-11,13H,12,14H2,1-5H3. The highest BCUT2D eigenvalue weighted by Crippen LogP contribution is 2.37. The van der Waals surface area contributed by atoms with Gasteiger partial charge >= 0.3 is 0 Å². The zero-order chi connectivity index (χ0) is 17.1. The maximum absolute atomic E-state index is 12.9. The maximum atomic E-state index is 12.9. The van der Waals surface area contributed by atoms with E-state index in [2.05, 4.69) is 44.9 Å². The largest absolute Gasteiger partial charge is 0.413 e. The Morgan fingerprint density at radius 1 is 1.00 bits per heavy atom. The van der Waals surface area contributed by atoms with E-state index < -0.39 is 8.32 Å². The van der Waals surface area contributed by atoms with Crippen molar-refractivity contribution in [3.63, 3.8) is 0 Å². The molecule has 0 bridgehead atoms. The second kappa shape index (κ2) is 6.93. The molecular formula is C19H26FNOSi. The van der Waals surface area contributed by atoms with Gasteiger partial charge in [0.1, 0.15) is 5.82 Å². The van der Waals surface area contributed by atoms with Crippen molar-refractivity contribution in [3.8, 4) is 0 Å². The molecule has 0 saturated carbocycles. The molecule has 23 heavy (non-hydrogen) atoms. The number of benzene rings is 1. The third-order valence-corrected chi connectivity index (χ3v) is 9.07. The number of hydrogen-bond donors (Lipinski definition) is 0. The molecule has 0 amide bonds. The van der Waals surface area contributed by atoms with Crippen LogP contribution in [0.15, 0.2) is 42.6 Å². The van der Waals surface area contributed by atoms with Crippen LogP contribution >= 0.6 is 0 Å². The van der Waals surface area contributed by atoms with Crippen LogP contribution in [0.3, 0.4) is 0 Å². The van der Waals surface area contributed by atoms with Crippen LogP contribution in [0.2, 0.25) is 18.1 Å². The lowest BCUT2D eigenvalue weighted by atomic mass is 10.1. The number of aromatic nitrogens is 1. The number of hydrogen-bond acceptors (Lipinski definition) is 2. The van der Waals surface area contributed by atoms with Crippen LogP contribution in [-0.2, 0) is 17.5 Å². The lowest BCUT2D eigenvalue weighted by molar-refractivity contribution is 0.276. The summed E-state index contributed by atoms with van der Waals surface area (Å²) in [6.07, 6.45) is 2.59. The summed E-state index contributed by atoms with van der Waals surface area (Å²) in [5.74, 6) is -0.208. The van der Waals surface area contributed by atoms with Crippen LogP contribution < -0.4 is 0 Å². The van der Waals surface area contributed by atoms with Crippen LogP contribution in [0.5, 0.6) is 0 Å². The van der Waals surface area contributed by atoms with E-state index in [0.717, 1.165) is 16.8 Å². The minimum absolute atomic E-state index is 0.208. The van der Waals surface area contributed by atoms with Gasteiger partial charge in [-0.25, -0.2) is 4.39 Å². The first-order valence-corrected chi connectivity index (χ1v) is 10.9. The van der Waals surface area contributed by atoms with Gasteiger partial charge in [-0.2, -0.15) is 0 Å². The van der Waals surface area contributed by atoms with E-state index in [0.29, 0.717) is 13.0 Å². The zero-order valence-electron chi connectivity index (χ0n) is 14.7. The van der Waals surface area contributed by atoms with Crippen molar-refractivity contribution in [3.05, 3.63) is 65.2 Å². The summed E-state index contributed by atoms with van der Waals surface area (Å²) in [6.45, 7) is 11.8. The molecule has 1 aromatic heterocycles. The summed E-state index contributed by atoms with van der Waals surface area (Å²) in [5.41, 5.74) is 3.13. The van der Waals surface area contributed by atoms with E-state index in [4.69, 9.17) is 4.43 Å². The van der Waals surface area contributed by atoms with E-state index >= 15 is 0 Å². The third kappa shape index (κ3) is 4.98. The van der Waals surface area contributed by atoms with E-state index in [-0.39, 0.29) is 10.9 Å². The fraction of sp³-hybridized carbons (Fsp3) is 0.421. The molecule has 0 unspecified atom stereocenters. The quantitative estimate of drug-likeness (QED) is 0.691. The molecule has 2 nitrogen and oxygen atoms in total. The van der Waals surface area contributed by atoms with Gasteiger partial charge in [0, 0.05) is 18.3 Å². The van der Waals surface area contributed by atoms with Gasteiger partial charge in [0.05, 0.1) is 6.61 Å². The monoisotopic (exact) mass is 331 g/mol. The number of nitrogens with zero attached hydrogens (tertiary/aromatic N) is 1. The highest BCUT2D eigenvalue weighted by Gasteiger charge is 2.36. The molecule has 0 fully saturated rings. The van der Waals surface area contributed by atoms with Crippen LogP contribution in [0.4, 0.5) is 4.39 Å². The zero-order valence-corrected chi connectivity index (χ0v) is 15.7. The molecular weight excluding hydrogens is 305 g/mol. The van der Waals surface area contributed by atoms with Crippen molar-refractivity contribution < 1.29 is 8.82 Å². The molecule has 0 aliphatic carbocycles. The molecule has 0 aliphatic heterocycles. The summed E-state index contributed by atoms with van der Waals surface area (Å²) in [6, 6.07) is 10.6. The molecule has 2 rings (SSSR count). The van der Waals surface area contributed by atoms with Gasteiger partial charge in [-0.1, -0.05) is 39.0 Å². The van der Waals surface area contributed by atoms with Crippen LogP contribution in [-0.4, -0.2) is 13.3 Å². The number of halogens is 1. The van der Waals surface area contributed by atoms with E-state index in [1.54, 1.807) is 12.1 Å². The molecule has 0 N–H and O–H groups in total. The Hall–Kier alpha value is -1.52. The van der Waals surface area contributed by atoms with Crippen molar-refractivity contribution in [1.29, 1.82) is 0 Å². The predicted molar refractivity (Wildman–Crippen MR) is 95.4 cm³/mol. The van der Waals surface area contributed by atoms with Crippen LogP contribution in [0, 0.1) is 5.82 Å². The Bertz CT molecular complexity index is 630. The van der Waals surface area contributed by atoms with E-state index in [1.807, 2.05) is 12.3 Å². The Kier molecular flexibility index (Phi) is 5.37. The molecule has 2 aromatic rings. The van der Waals surface area contributed by atoms with Gasteiger partial charge in [0.25, 0.3) is 0 Å². The maximum Gasteiger partial charge on any atom is 0.192 e. The average molecular weight is 332 g/mol. The van der Waals surface area contributed by atoms with Crippen molar-refractivity contribution in [2.75, 3.05) is 0 Å². The molecule has 1 aromatic carbocycles. The molecule has 4 heteroatoms. The first-order chi connectivity index (χ1) is 10.7. The van der Waals surface area contributed by atoms with Gasteiger partial charge in [0.15, 0.2) is 8.32 Å². The Labute approximate surface area is 139 Å². The SMILES string of the molecule is CC(C)(C)[Si](C)(C)OCc1ccc(Cc2ccc(F)cc2)nc1. The molecule has 0 atom stereocenters. The normalized spacial score (nSPS) is 12.4. The minimum atomic E-state index is -1.73. The Morgan fingerprint density at radius 2 is 1.61 bits per heavy atom. The number of rotatable bonds is 5. The van der Waals surface area contributed by atoms with Gasteiger partial charge < -0.3 is 4.43 Å². The average Bonchev–Trinajstić information content (AvgIpc) is 2.48.